The third-order valence-corrected chi connectivity index (χ3v) is 3.37. The number of esters is 1. The molecule has 1 rings (SSSR count). The number of carbonyl (C=O) groups is 1. The molecule has 1 aromatic rings. The van der Waals surface area contributed by atoms with Crippen molar-refractivity contribution in [2.45, 2.75) is 59.0 Å². The Labute approximate surface area is 121 Å². The smallest absolute Gasteiger partial charge is 0.322 e. The molecular formula is C15H27N3O2. The van der Waals surface area contributed by atoms with Crippen LogP contribution in [0, 0.1) is 13.8 Å². The molecule has 0 amide bonds. The molecule has 0 aliphatic heterocycles. The fourth-order valence-corrected chi connectivity index (χ4v) is 2.26. The van der Waals surface area contributed by atoms with Crippen molar-refractivity contribution in [3.8, 4) is 0 Å². The van der Waals surface area contributed by atoms with E-state index >= 15 is 0 Å². The van der Waals surface area contributed by atoms with Gasteiger partial charge in [0.1, 0.15) is 6.04 Å². The molecule has 0 bridgehead atoms. The van der Waals surface area contributed by atoms with Gasteiger partial charge in [0.2, 0.25) is 0 Å². The van der Waals surface area contributed by atoms with Crippen molar-refractivity contribution in [3.05, 3.63) is 17.5 Å². The molecule has 1 heterocycles. The van der Waals surface area contributed by atoms with Gasteiger partial charge in [-0.15, -0.1) is 0 Å². The Kier molecular flexibility index (Phi) is 7.30. The molecule has 1 aromatic heterocycles. The molecule has 114 valence electrons. The van der Waals surface area contributed by atoms with E-state index in [1.165, 1.54) is 12.8 Å². The molecule has 5 nitrogen and oxygen atoms in total. The van der Waals surface area contributed by atoms with Crippen LogP contribution in [-0.2, 0) is 16.1 Å². The zero-order valence-electron chi connectivity index (χ0n) is 13.1. The monoisotopic (exact) mass is 281 g/mol. The minimum Gasteiger partial charge on any atom is -0.468 e. The Balaban J connectivity index is 2.33. The molecule has 1 atom stereocenters. The second kappa shape index (κ2) is 8.74. The maximum absolute atomic E-state index is 11.6. The highest BCUT2D eigenvalue weighted by molar-refractivity contribution is 5.75. The fraction of sp³-hybridized carbons (Fsp3) is 0.733. The number of nitrogens with one attached hydrogen (secondary N) is 1. The number of hydrogen-bond donors (Lipinski definition) is 1. The number of ether oxygens (including phenoxy) is 1. The molecule has 0 fully saturated rings. The quantitative estimate of drug-likeness (QED) is 0.557. The lowest BCUT2D eigenvalue weighted by molar-refractivity contribution is -0.143. The number of aromatic nitrogens is 2. The summed E-state index contributed by atoms with van der Waals surface area (Å²) in [6.45, 7) is 7.85. The zero-order valence-corrected chi connectivity index (χ0v) is 13.1. The summed E-state index contributed by atoms with van der Waals surface area (Å²) in [4.78, 5) is 11.6. The molecule has 0 aliphatic rings. The van der Waals surface area contributed by atoms with Crippen molar-refractivity contribution in [1.29, 1.82) is 0 Å². The summed E-state index contributed by atoms with van der Waals surface area (Å²) in [5.74, 6) is -0.162. The van der Waals surface area contributed by atoms with E-state index in [0.717, 1.165) is 44.5 Å². The fourth-order valence-electron chi connectivity index (χ4n) is 2.26. The maximum Gasteiger partial charge on any atom is 0.322 e. The van der Waals surface area contributed by atoms with Crippen LogP contribution in [0.1, 0.15) is 44.0 Å². The average molecular weight is 281 g/mol. The lowest BCUT2D eigenvalue weighted by atomic mass is 10.1. The molecule has 20 heavy (non-hydrogen) atoms. The molecule has 0 spiro atoms. The van der Waals surface area contributed by atoms with Crippen LogP contribution in [0.3, 0.4) is 0 Å². The second-order valence-electron chi connectivity index (χ2n) is 5.18. The predicted molar refractivity (Wildman–Crippen MR) is 79.6 cm³/mol. The molecule has 5 heteroatoms. The largest absolute Gasteiger partial charge is 0.468 e. The van der Waals surface area contributed by atoms with Crippen molar-refractivity contribution in [2.75, 3.05) is 13.7 Å². The van der Waals surface area contributed by atoms with Gasteiger partial charge in [-0.05, 0) is 39.3 Å². The minimum atomic E-state index is -0.180. The van der Waals surface area contributed by atoms with E-state index in [0.29, 0.717) is 0 Å². The summed E-state index contributed by atoms with van der Waals surface area (Å²) < 4.78 is 6.84. The van der Waals surface area contributed by atoms with E-state index in [4.69, 9.17) is 4.74 Å². The molecule has 1 N–H and O–H groups in total. The number of hydrogen-bond acceptors (Lipinski definition) is 4. The first-order valence-electron chi connectivity index (χ1n) is 7.40. The van der Waals surface area contributed by atoms with Gasteiger partial charge in [0.25, 0.3) is 0 Å². The number of methoxy groups -OCH3 is 1. The Morgan fingerprint density at radius 1 is 1.45 bits per heavy atom. The molecule has 0 saturated heterocycles. The zero-order chi connectivity index (χ0) is 15.0. The summed E-state index contributed by atoms with van der Waals surface area (Å²) in [5, 5.41) is 7.71. The Morgan fingerprint density at radius 3 is 2.75 bits per heavy atom. The summed E-state index contributed by atoms with van der Waals surface area (Å²) >= 11 is 0. The molecule has 0 aromatic carbocycles. The van der Waals surface area contributed by atoms with Gasteiger partial charge in [-0.1, -0.05) is 19.8 Å². The van der Waals surface area contributed by atoms with Gasteiger partial charge >= 0.3 is 5.97 Å². The van der Waals surface area contributed by atoms with Crippen LogP contribution in [-0.4, -0.2) is 35.4 Å². The SMILES string of the molecule is CCCCC(NCCCn1nc(C)cc1C)C(=O)OC. The first-order chi connectivity index (χ1) is 9.58. The van der Waals surface area contributed by atoms with Gasteiger partial charge in [-0.3, -0.25) is 9.48 Å². The highest BCUT2D eigenvalue weighted by atomic mass is 16.5. The topological polar surface area (TPSA) is 56.2 Å². The van der Waals surface area contributed by atoms with Crippen LogP contribution >= 0.6 is 0 Å². The molecule has 0 aliphatic carbocycles. The maximum atomic E-state index is 11.6. The van der Waals surface area contributed by atoms with Gasteiger partial charge < -0.3 is 10.1 Å². The van der Waals surface area contributed by atoms with E-state index in [1.807, 2.05) is 11.6 Å². The molecule has 1 unspecified atom stereocenters. The molecule has 0 radical (unpaired) electrons. The van der Waals surface area contributed by atoms with E-state index in [-0.39, 0.29) is 12.0 Å². The van der Waals surface area contributed by atoms with E-state index < -0.39 is 0 Å². The summed E-state index contributed by atoms with van der Waals surface area (Å²) in [5.41, 5.74) is 2.23. The summed E-state index contributed by atoms with van der Waals surface area (Å²) in [6, 6.07) is 1.90. The Hall–Kier alpha value is -1.36. The minimum absolute atomic E-state index is 0.162. The van der Waals surface area contributed by atoms with Crippen LogP contribution in [0.15, 0.2) is 6.07 Å². The first kappa shape index (κ1) is 16.7. The second-order valence-corrected chi connectivity index (χ2v) is 5.18. The third-order valence-electron chi connectivity index (χ3n) is 3.37. The van der Waals surface area contributed by atoms with Gasteiger partial charge in [-0.25, -0.2) is 0 Å². The third kappa shape index (κ3) is 5.33. The number of rotatable bonds is 9. The number of unbranched alkanes of at least 4 members (excludes halogenated alkanes) is 1. The lowest BCUT2D eigenvalue weighted by Crippen LogP contribution is -2.38. The summed E-state index contributed by atoms with van der Waals surface area (Å²) in [6.07, 6.45) is 3.90. The number of aryl methyl sites for hydroxylation is 3. The van der Waals surface area contributed by atoms with Gasteiger partial charge in [0.15, 0.2) is 0 Å². The molecule has 0 saturated carbocycles. The predicted octanol–water partition coefficient (Wildman–Crippen LogP) is 2.21. The van der Waals surface area contributed by atoms with Gasteiger partial charge in [-0.2, -0.15) is 5.10 Å². The highest BCUT2D eigenvalue weighted by Crippen LogP contribution is 2.04. The first-order valence-corrected chi connectivity index (χ1v) is 7.40. The van der Waals surface area contributed by atoms with Crippen molar-refractivity contribution in [3.63, 3.8) is 0 Å². The van der Waals surface area contributed by atoms with Crippen molar-refractivity contribution in [2.24, 2.45) is 0 Å². The van der Waals surface area contributed by atoms with Crippen LogP contribution in [0.25, 0.3) is 0 Å². The molecular weight excluding hydrogens is 254 g/mol. The van der Waals surface area contributed by atoms with E-state index in [2.05, 4.69) is 30.3 Å². The van der Waals surface area contributed by atoms with Crippen LogP contribution in [0.5, 0.6) is 0 Å². The average Bonchev–Trinajstić information content (AvgIpc) is 2.75. The van der Waals surface area contributed by atoms with Gasteiger partial charge in [0, 0.05) is 12.2 Å². The Bertz CT molecular complexity index is 415. The van der Waals surface area contributed by atoms with E-state index in [1.54, 1.807) is 0 Å². The van der Waals surface area contributed by atoms with Crippen LogP contribution in [0.4, 0.5) is 0 Å². The number of nitrogens with zero attached hydrogens (tertiary/aromatic N) is 2. The van der Waals surface area contributed by atoms with Gasteiger partial charge in [0.05, 0.1) is 12.8 Å². The summed E-state index contributed by atoms with van der Waals surface area (Å²) in [7, 11) is 1.44. The van der Waals surface area contributed by atoms with E-state index in [9.17, 15) is 4.79 Å². The van der Waals surface area contributed by atoms with Crippen LogP contribution in [0.2, 0.25) is 0 Å². The Morgan fingerprint density at radius 2 is 2.20 bits per heavy atom. The lowest BCUT2D eigenvalue weighted by Gasteiger charge is -2.16. The van der Waals surface area contributed by atoms with Crippen molar-refractivity contribution >= 4 is 5.97 Å². The normalized spacial score (nSPS) is 12.4. The standard InChI is InChI=1S/C15H27N3O2/c1-5-6-8-14(15(19)20-4)16-9-7-10-18-13(3)11-12(2)17-18/h11,14,16H,5-10H2,1-4H3. The van der Waals surface area contributed by atoms with Crippen molar-refractivity contribution < 1.29 is 9.53 Å². The highest BCUT2D eigenvalue weighted by Gasteiger charge is 2.17. The number of carbonyl (C=O) groups excluding carboxylic acids is 1. The van der Waals surface area contributed by atoms with Crippen molar-refractivity contribution in [1.82, 2.24) is 15.1 Å². The van der Waals surface area contributed by atoms with Crippen LogP contribution < -0.4 is 5.32 Å².